The fraction of sp³-hybridized carbons (Fsp3) is 0.400. The number of hydrogen-bond acceptors (Lipinski definition) is 4. The van der Waals surface area contributed by atoms with Crippen LogP contribution in [-0.4, -0.2) is 42.8 Å². The molecule has 2 aromatic rings. The molecule has 0 saturated heterocycles. The van der Waals surface area contributed by atoms with Gasteiger partial charge in [0.2, 0.25) is 5.91 Å². The molecule has 1 amide bonds. The number of H-pyrrole nitrogens is 1. The SMILES string of the molecule is CN(Cc1ncn[nH]1)C(=O)Cn1ccc(C(F)(F)F)n1. The van der Waals surface area contributed by atoms with E-state index in [1.165, 1.54) is 18.3 Å². The summed E-state index contributed by atoms with van der Waals surface area (Å²) >= 11 is 0. The Morgan fingerprint density at radius 3 is 2.80 bits per heavy atom. The van der Waals surface area contributed by atoms with Crippen molar-refractivity contribution in [3.8, 4) is 0 Å². The maximum atomic E-state index is 12.4. The number of carbonyl (C=O) groups is 1. The summed E-state index contributed by atoms with van der Waals surface area (Å²) in [4.78, 5) is 17.0. The Bertz CT molecular complexity index is 576. The number of likely N-dealkylation sites (N-methyl/N-ethyl adjacent to an activating group) is 1. The lowest BCUT2D eigenvalue weighted by molar-refractivity contribution is -0.142. The molecular weight excluding hydrogens is 277 g/mol. The highest BCUT2D eigenvalue weighted by molar-refractivity contribution is 5.75. The van der Waals surface area contributed by atoms with Crippen molar-refractivity contribution in [2.75, 3.05) is 7.05 Å². The Labute approximate surface area is 111 Å². The summed E-state index contributed by atoms with van der Waals surface area (Å²) in [7, 11) is 1.51. The fourth-order valence-corrected chi connectivity index (χ4v) is 1.48. The summed E-state index contributed by atoms with van der Waals surface area (Å²) < 4.78 is 38.0. The second-order valence-electron chi connectivity index (χ2n) is 4.08. The molecule has 2 aromatic heterocycles. The lowest BCUT2D eigenvalue weighted by Crippen LogP contribution is -2.30. The first-order valence-corrected chi connectivity index (χ1v) is 5.55. The van der Waals surface area contributed by atoms with Crippen molar-refractivity contribution in [1.29, 1.82) is 0 Å². The van der Waals surface area contributed by atoms with Crippen LogP contribution in [0.15, 0.2) is 18.6 Å². The molecule has 0 aliphatic carbocycles. The summed E-state index contributed by atoms with van der Waals surface area (Å²) in [5, 5.41) is 9.53. The zero-order chi connectivity index (χ0) is 14.8. The Morgan fingerprint density at radius 1 is 1.50 bits per heavy atom. The molecule has 20 heavy (non-hydrogen) atoms. The van der Waals surface area contributed by atoms with Crippen LogP contribution in [0.25, 0.3) is 0 Å². The topological polar surface area (TPSA) is 79.7 Å². The first kappa shape index (κ1) is 14.0. The van der Waals surface area contributed by atoms with Crippen LogP contribution < -0.4 is 0 Å². The number of rotatable bonds is 4. The number of alkyl halides is 3. The molecule has 2 heterocycles. The van der Waals surface area contributed by atoms with E-state index in [0.717, 1.165) is 16.9 Å². The van der Waals surface area contributed by atoms with Gasteiger partial charge in [-0.1, -0.05) is 0 Å². The second kappa shape index (κ2) is 5.31. The third-order valence-corrected chi connectivity index (χ3v) is 2.51. The van der Waals surface area contributed by atoms with Crippen LogP contribution in [0.4, 0.5) is 13.2 Å². The number of nitrogens with one attached hydrogen (secondary N) is 1. The minimum absolute atomic E-state index is 0.187. The smallest absolute Gasteiger partial charge is 0.337 e. The van der Waals surface area contributed by atoms with Crippen LogP contribution in [0.2, 0.25) is 0 Å². The molecule has 0 aliphatic rings. The van der Waals surface area contributed by atoms with Gasteiger partial charge in [0.25, 0.3) is 0 Å². The van der Waals surface area contributed by atoms with Crippen molar-refractivity contribution in [1.82, 2.24) is 29.9 Å². The highest BCUT2D eigenvalue weighted by Gasteiger charge is 2.33. The van der Waals surface area contributed by atoms with Crippen LogP contribution in [-0.2, 0) is 24.1 Å². The number of aromatic nitrogens is 5. The van der Waals surface area contributed by atoms with Gasteiger partial charge < -0.3 is 4.90 Å². The normalized spacial score (nSPS) is 11.6. The molecule has 108 valence electrons. The van der Waals surface area contributed by atoms with E-state index in [4.69, 9.17) is 0 Å². The molecule has 7 nitrogen and oxygen atoms in total. The van der Waals surface area contributed by atoms with Gasteiger partial charge >= 0.3 is 6.18 Å². The van der Waals surface area contributed by atoms with Crippen LogP contribution in [0.1, 0.15) is 11.5 Å². The van der Waals surface area contributed by atoms with E-state index in [-0.39, 0.29) is 13.1 Å². The molecule has 0 spiro atoms. The van der Waals surface area contributed by atoms with Gasteiger partial charge in [0, 0.05) is 13.2 Å². The first-order chi connectivity index (χ1) is 9.36. The summed E-state index contributed by atoms with van der Waals surface area (Å²) in [6.07, 6.45) is -2.10. The largest absolute Gasteiger partial charge is 0.435 e. The Balaban J connectivity index is 1.95. The van der Waals surface area contributed by atoms with E-state index >= 15 is 0 Å². The molecule has 0 radical (unpaired) electrons. The average Bonchev–Trinajstić information content (AvgIpc) is 2.98. The molecule has 10 heteroatoms. The van der Waals surface area contributed by atoms with Gasteiger partial charge in [-0.2, -0.15) is 23.4 Å². The fourth-order valence-electron chi connectivity index (χ4n) is 1.48. The number of nitrogens with zero attached hydrogens (tertiary/aromatic N) is 5. The standard InChI is InChI=1S/C10H11F3N6O/c1-18(4-8-14-6-15-16-8)9(20)5-19-3-2-7(17-19)10(11,12)13/h2-3,6H,4-5H2,1H3,(H,14,15,16). The average molecular weight is 288 g/mol. The minimum atomic E-state index is -4.51. The Kier molecular flexibility index (Phi) is 3.72. The Morgan fingerprint density at radius 2 is 2.25 bits per heavy atom. The summed E-state index contributed by atoms with van der Waals surface area (Å²) in [6.45, 7) is -0.0903. The summed E-state index contributed by atoms with van der Waals surface area (Å²) in [6, 6.07) is 0.823. The van der Waals surface area contributed by atoms with E-state index in [0.29, 0.717) is 5.82 Å². The van der Waals surface area contributed by atoms with Crippen molar-refractivity contribution in [2.45, 2.75) is 19.3 Å². The third kappa shape index (κ3) is 3.33. The van der Waals surface area contributed by atoms with E-state index in [1.54, 1.807) is 0 Å². The van der Waals surface area contributed by atoms with Crippen LogP contribution in [0.5, 0.6) is 0 Å². The molecule has 0 fully saturated rings. The lowest BCUT2D eigenvalue weighted by Gasteiger charge is -2.15. The van der Waals surface area contributed by atoms with Crippen molar-refractivity contribution in [3.63, 3.8) is 0 Å². The van der Waals surface area contributed by atoms with Gasteiger partial charge in [-0.15, -0.1) is 0 Å². The Hall–Kier alpha value is -2.39. The predicted molar refractivity (Wildman–Crippen MR) is 60.1 cm³/mol. The molecule has 0 saturated carbocycles. The maximum Gasteiger partial charge on any atom is 0.435 e. The monoisotopic (exact) mass is 288 g/mol. The maximum absolute atomic E-state index is 12.4. The molecule has 0 aromatic carbocycles. The molecule has 2 rings (SSSR count). The van der Waals surface area contributed by atoms with Gasteiger partial charge in [-0.25, -0.2) is 4.98 Å². The number of hydrogen-bond donors (Lipinski definition) is 1. The van der Waals surface area contributed by atoms with E-state index < -0.39 is 17.8 Å². The van der Waals surface area contributed by atoms with Gasteiger partial charge in [-0.3, -0.25) is 14.6 Å². The van der Waals surface area contributed by atoms with E-state index in [1.807, 2.05) is 0 Å². The highest BCUT2D eigenvalue weighted by Crippen LogP contribution is 2.27. The van der Waals surface area contributed by atoms with Crippen LogP contribution in [0.3, 0.4) is 0 Å². The predicted octanol–water partition coefficient (Wildman–Crippen LogP) is 0.679. The molecule has 0 bridgehead atoms. The summed E-state index contributed by atoms with van der Waals surface area (Å²) in [5.74, 6) is 0.0931. The summed E-state index contributed by atoms with van der Waals surface area (Å²) in [5.41, 5.74) is -1.02. The van der Waals surface area contributed by atoms with E-state index in [9.17, 15) is 18.0 Å². The van der Waals surface area contributed by atoms with Gasteiger partial charge in [0.05, 0.1) is 6.54 Å². The number of halogens is 3. The highest BCUT2D eigenvalue weighted by atomic mass is 19.4. The van der Waals surface area contributed by atoms with Crippen molar-refractivity contribution in [2.24, 2.45) is 0 Å². The molecular formula is C10H11F3N6O. The molecule has 0 aliphatic heterocycles. The van der Waals surface area contributed by atoms with Crippen molar-refractivity contribution in [3.05, 3.63) is 30.1 Å². The molecule has 1 N–H and O–H groups in total. The van der Waals surface area contributed by atoms with Gasteiger partial charge in [-0.05, 0) is 6.07 Å². The number of aromatic amines is 1. The number of carbonyl (C=O) groups excluding carboxylic acids is 1. The third-order valence-electron chi connectivity index (χ3n) is 2.51. The van der Waals surface area contributed by atoms with Gasteiger partial charge in [0.15, 0.2) is 5.69 Å². The molecule has 0 unspecified atom stereocenters. The zero-order valence-electron chi connectivity index (χ0n) is 10.4. The van der Waals surface area contributed by atoms with Crippen LogP contribution in [0, 0.1) is 0 Å². The zero-order valence-corrected chi connectivity index (χ0v) is 10.4. The van der Waals surface area contributed by atoms with Crippen molar-refractivity contribution < 1.29 is 18.0 Å². The molecule has 0 atom stereocenters. The van der Waals surface area contributed by atoms with E-state index in [2.05, 4.69) is 20.3 Å². The first-order valence-electron chi connectivity index (χ1n) is 5.55. The lowest BCUT2D eigenvalue weighted by atomic mass is 10.4. The minimum Gasteiger partial charge on any atom is -0.337 e. The van der Waals surface area contributed by atoms with Crippen molar-refractivity contribution >= 4 is 5.91 Å². The van der Waals surface area contributed by atoms with Gasteiger partial charge in [0.1, 0.15) is 18.7 Å². The number of amides is 1. The quantitative estimate of drug-likeness (QED) is 0.897. The second-order valence-corrected chi connectivity index (χ2v) is 4.08. The van der Waals surface area contributed by atoms with Crippen LogP contribution >= 0.6 is 0 Å².